The summed E-state index contributed by atoms with van der Waals surface area (Å²) in [6.45, 7) is 0. The van der Waals surface area contributed by atoms with Crippen LogP contribution in [-0.4, -0.2) is 36.1 Å². The van der Waals surface area contributed by atoms with Crippen molar-refractivity contribution in [1.82, 2.24) is 4.90 Å². The van der Waals surface area contributed by atoms with Gasteiger partial charge in [0.05, 0.1) is 5.92 Å². The third-order valence-corrected chi connectivity index (χ3v) is 6.39. The highest BCUT2D eigenvalue weighted by Gasteiger charge is 2.40. The minimum atomic E-state index is -0.304. The molecule has 0 aromatic heterocycles. The molecular weight excluding hydrogens is 358 g/mol. The maximum absolute atomic E-state index is 13.1. The zero-order chi connectivity index (χ0) is 18.8. The summed E-state index contributed by atoms with van der Waals surface area (Å²) in [5, 5.41) is 0.694. The third-order valence-electron chi connectivity index (χ3n) is 6.15. The highest BCUT2D eigenvalue weighted by atomic mass is 35.5. The first-order valence-electron chi connectivity index (χ1n) is 9.82. The molecule has 3 nitrogen and oxygen atoms in total. The summed E-state index contributed by atoms with van der Waals surface area (Å²) in [7, 11) is 2.20. The van der Waals surface area contributed by atoms with Gasteiger partial charge in [0.15, 0.2) is 0 Å². The van der Waals surface area contributed by atoms with E-state index >= 15 is 0 Å². The number of halogens is 1. The van der Waals surface area contributed by atoms with Gasteiger partial charge in [-0.15, -0.1) is 0 Å². The van der Waals surface area contributed by atoms with E-state index in [1.807, 2.05) is 54.6 Å². The van der Waals surface area contributed by atoms with Crippen LogP contribution in [0.25, 0.3) is 0 Å². The van der Waals surface area contributed by atoms with E-state index in [0.29, 0.717) is 23.5 Å². The Morgan fingerprint density at radius 1 is 1.11 bits per heavy atom. The molecular formula is C23H26ClNO2. The lowest BCUT2D eigenvalue weighted by molar-refractivity contribution is -0.154. The van der Waals surface area contributed by atoms with Crippen molar-refractivity contribution in [2.75, 3.05) is 7.05 Å². The Morgan fingerprint density at radius 2 is 1.81 bits per heavy atom. The smallest absolute Gasteiger partial charge is 0.314 e. The molecule has 2 bridgehead atoms. The maximum atomic E-state index is 13.1. The number of fused-ring (bicyclic) bond motifs is 2. The second kappa shape index (κ2) is 8.04. The largest absolute Gasteiger partial charge is 0.462 e. The van der Waals surface area contributed by atoms with Crippen LogP contribution >= 0.6 is 11.6 Å². The third kappa shape index (κ3) is 4.20. The van der Waals surface area contributed by atoms with Crippen LogP contribution in [0.15, 0.2) is 54.6 Å². The zero-order valence-corrected chi connectivity index (χ0v) is 16.4. The maximum Gasteiger partial charge on any atom is 0.314 e. The SMILES string of the molecule is CN1[C@@H]2CC[C@H]1C[C@H](OC(=O)C(Cc1cccc(Cl)c1)c1ccccc1)C2. The summed E-state index contributed by atoms with van der Waals surface area (Å²) < 4.78 is 6.04. The summed E-state index contributed by atoms with van der Waals surface area (Å²) >= 11 is 6.14. The number of hydrogen-bond acceptors (Lipinski definition) is 3. The minimum Gasteiger partial charge on any atom is -0.462 e. The Morgan fingerprint density at radius 3 is 2.48 bits per heavy atom. The lowest BCUT2D eigenvalue weighted by atomic mass is 9.91. The summed E-state index contributed by atoms with van der Waals surface area (Å²) in [6.07, 6.45) is 4.99. The Bertz CT molecular complexity index is 780. The zero-order valence-electron chi connectivity index (χ0n) is 15.7. The van der Waals surface area contributed by atoms with Gasteiger partial charge in [-0.3, -0.25) is 4.79 Å². The van der Waals surface area contributed by atoms with Crippen LogP contribution < -0.4 is 0 Å². The van der Waals surface area contributed by atoms with Gasteiger partial charge in [0.25, 0.3) is 0 Å². The van der Waals surface area contributed by atoms with Crippen LogP contribution in [0.5, 0.6) is 0 Å². The molecule has 0 N–H and O–H groups in total. The van der Waals surface area contributed by atoms with Crippen molar-refractivity contribution in [1.29, 1.82) is 0 Å². The van der Waals surface area contributed by atoms with Gasteiger partial charge < -0.3 is 9.64 Å². The highest BCUT2D eigenvalue weighted by molar-refractivity contribution is 6.30. The number of piperidine rings is 1. The first-order valence-corrected chi connectivity index (χ1v) is 10.2. The Kier molecular flexibility index (Phi) is 5.51. The number of hydrogen-bond donors (Lipinski definition) is 0. The molecule has 2 heterocycles. The van der Waals surface area contributed by atoms with E-state index in [0.717, 1.165) is 24.0 Å². The molecule has 2 aromatic carbocycles. The van der Waals surface area contributed by atoms with Crippen LogP contribution in [0.1, 0.15) is 42.7 Å². The molecule has 4 heteroatoms. The summed E-state index contributed by atoms with van der Waals surface area (Å²) in [5.74, 6) is -0.419. The van der Waals surface area contributed by atoms with Crippen molar-refractivity contribution < 1.29 is 9.53 Å². The number of benzene rings is 2. The van der Waals surface area contributed by atoms with Gasteiger partial charge in [0.1, 0.15) is 6.10 Å². The van der Waals surface area contributed by atoms with Crippen molar-refractivity contribution in [3.63, 3.8) is 0 Å². The van der Waals surface area contributed by atoms with E-state index in [1.54, 1.807) is 0 Å². The number of nitrogens with zero attached hydrogens (tertiary/aromatic N) is 1. The molecule has 0 saturated carbocycles. The minimum absolute atomic E-state index is 0.0387. The normalized spacial score (nSPS) is 25.9. The monoisotopic (exact) mass is 383 g/mol. The number of carbonyl (C=O) groups excluding carboxylic acids is 1. The van der Waals surface area contributed by atoms with Crippen LogP contribution in [0.4, 0.5) is 0 Å². The molecule has 2 aromatic rings. The van der Waals surface area contributed by atoms with Crippen molar-refractivity contribution in [3.8, 4) is 0 Å². The average Bonchev–Trinajstić information content (AvgIpc) is 2.88. The molecule has 4 rings (SSSR count). The van der Waals surface area contributed by atoms with Gasteiger partial charge in [-0.05, 0) is 62.4 Å². The predicted molar refractivity (Wildman–Crippen MR) is 108 cm³/mol. The first kappa shape index (κ1) is 18.5. The van der Waals surface area contributed by atoms with Crippen LogP contribution in [0, 0.1) is 0 Å². The van der Waals surface area contributed by atoms with Crippen LogP contribution in [0.3, 0.4) is 0 Å². The highest BCUT2D eigenvalue weighted by Crippen LogP contribution is 2.36. The molecule has 0 aliphatic carbocycles. The molecule has 142 valence electrons. The Labute approximate surface area is 166 Å². The van der Waals surface area contributed by atoms with Gasteiger partial charge in [0, 0.05) is 17.1 Å². The molecule has 4 atom stereocenters. The van der Waals surface area contributed by atoms with E-state index < -0.39 is 0 Å². The summed E-state index contributed by atoms with van der Waals surface area (Å²) in [6, 6.07) is 18.8. The first-order chi connectivity index (χ1) is 13.1. The number of carbonyl (C=O) groups is 1. The van der Waals surface area contributed by atoms with E-state index in [9.17, 15) is 4.79 Å². The Hall–Kier alpha value is -1.84. The fourth-order valence-corrected chi connectivity index (χ4v) is 4.84. The number of esters is 1. The predicted octanol–water partition coefficient (Wildman–Crippen LogP) is 4.83. The lowest BCUT2D eigenvalue weighted by Crippen LogP contribution is -2.43. The van der Waals surface area contributed by atoms with E-state index in [1.165, 1.54) is 12.8 Å². The van der Waals surface area contributed by atoms with Crippen LogP contribution in [-0.2, 0) is 16.0 Å². The molecule has 0 radical (unpaired) electrons. The molecule has 0 amide bonds. The standard InChI is InChI=1S/C23H26ClNO2/c1-25-19-10-11-20(25)15-21(14-19)27-23(26)22(17-7-3-2-4-8-17)13-16-6-5-9-18(24)12-16/h2-9,12,19-22H,10-11,13-15H2,1H3/t19-,20+,21-,22?. The fourth-order valence-electron chi connectivity index (χ4n) is 4.63. The van der Waals surface area contributed by atoms with Gasteiger partial charge in [-0.1, -0.05) is 54.1 Å². The average molecular weight is 384 g/mol. The second-order valence-electron chi connectivity index (χ2n) is 7.88. The molecule has 0 spiro atoms. The number of rotatable bonds is 5. The van der Waals surface area contributed by atoms with Gasteiger partial charge in [0.2, 0.25) is 0 Å². The molecule has 2 fully saturated rings. The number of ether oxygens (including phenoxy) is 1. The van der Waals surface area contributed by atoms with Gasteiger partial charge in [-0.25, -0.2) is 0 Å². The molecule has 2 aliphatic heterocycles. The van der Waals surface area contributed by atoms with Gasteiger partial charge in [-0.2, -0.15) is 0 Å². The molecule has 2 aliphatic rings. The quantitative estimate of drug-likeness (QED) is 0.692. The second-order valence-corrected chi connectivity index (χ2v) is 8.31. The van der Waals surface area contributed by atoms with E-state index in [2.05, 4.69) is 11.9 Å². The molecule has 1 unspecified atom stereocenters. The Balaban J connectivity index is 1.50. The fraction of sp³-hybridized carbons (Fsp3) is 0.435. The van der Waals surface area contributed by atoms with Crippen molar-refractivity contribution in [2.24, 2.45) is 0 Å². The lowest BCUT2D eigenvalue weighted by Gasteiger charge is -2.36. The molecule has 2 saturated heterocycles. The molecule has 27 heavy (non-hydrogen) atoms. The van der Waals surface area contributed by atoms with Crippen molar-refractivity contribution in [3.05, 3.63) is 70.7 Å². The van der Waals surface area contributed by atoms with E-state index in [4.69, 9.17) is 16.3 Å². The summed E-state index contributed by atoms with van der Waals surface area (Å²) in [5.41, 5.74) is 2.05. The summed E-state index contributed by atoms with van der Waals surface area (Å²) in [4.78, 5) is 15.6. The van der Waals surface area contributed by atoms with Gasteiger partial charge >= 0.3 is 5.97 Å². The van der Waals surface area contributed by atoms with Crippen molar-refractivity contribution in [2.45, 2.75) is 56.2 Å². The van der Waals surface area contributed by atoms with Crippen LogP contribution in [0.2, 0.25) is 5.02 Å². The topological polar surface area (TPSA) is 29.5 Å². The van der Waals surface area contributed by atoms with Crippen molar-refractivity contribution >= 4 is 17.6 Å². The van der Waals surface area contributed by atoms with E-state index in [-0.39, 0.29) is 18.0 Å².